The zero-order chi connectivity index (χ0) is 62.6. The highest BCUT2D eigenvalue weighted by molar-refractivity contribution is 5.76. The van der Waals surface area contributed by atoms with Crippen molar-refractivity contribution in [1.82, 2.24) is 5.32 Å². The molecule has 0 aromatic rings. The van der Waals surface area contributed by atoms with E-state index in [-0.39, 0.29) is 18.9 Å². The predicted octanol–water partition coefficient (Wildman–Crippen LogP) is 7.54. The van der Waals surface area contributed by atoms with Gasteiger partial charge in [0.25, 0.3) is 0 Å². The smallest absolute Gasteiger partial charge is 0.220 e. The van der Waals surface area contributed by atoms with Gasteiger partial charge in [-0.3, -0.25) is 4.79 Å². The van der Waals surface area contributed by atoms with Crippen molar-refractivity contribution in [2.45, 2.75) is 304 Å². The minimum atomic E-state index is -1.99. The van der Waals surface area contributed by atoms with Crippen molar-refractivity contribution >= 4 is 5.91 Å². The SMILES string of the molecule is CC/C=C\C/C=C\C/C=C\C/C=C\C/C=C\C/C=C\CCC(=O)NC(COC1OC(CO)C(OC2OC(CO)C(OC3OC(CO)C(O)C(O)C3O)C(O)C2O)C(O)C1O)C(O)/C=C/CCCCCCCCCCCCCCCCCCCCCC. The highest BCUT2D eigenvalue weighted by Gasteiger charge is 2.53. The zero-order valence-electron chi connectivity index (χ0n) is 52.0. The van der Waals surface area contributed by atoms with Crippen molar-refractivity contribution in [3.8, 4) is 0 Å². The molecule has 3 aliphatic rings. The quantitative estimate of drug-likeness (QED) is 0.0207. The number of hydrogen-bond donors (Lipinski definition) is 12. The van der Waals surface area contributed by atoms with Gasteiger partial charge in [-0.05, 0) is 57.8 Å². The van der Waals surface area contributed by atoms with Crippen molar-refractivity contribution in [3.05, 3.63) is 85.1 Å². The van der Waals surface area contributed by atoms with Gasteiger partial charge in [-0.25, -0.2) is 0 Å². The Morgan fingerprint density at radius 3 is 1.23 bits per heavy atom. The Hall–Kier alpha value is -3.03. The van der Waals surface area contributed by atoms with E-state index in [0.29, 0.717) is 12.8 Å². The second kappa shape index (κ2) is 48.8. The number of nitrogens with one attached hydrogen (secondary N) is 1. The molecule has 1 amide bonds. The molecule has 19 heteroatoms. The Bertz CT molecular complexity index is 1890. The van der Waals surface area contributed by atoms with E-state index < -0.39 is 124 Å². The number of aliphatic hydroxyl groups excluding tert-OH is 11. The van der Waals surface area contributed by atoms with Gasteiger partial charge < -0.3 is 89.9 Å². The van der Waals surface area contributed by atoms with Crippen LogP contribution in [0.2, 0.25) is 0 Å². The summed E-state index contributed by atoms with van der Waals surface area (Å²) in [4.78, 5) is 13.3. The first-order valence-electron chi connectivity index (χ1n) is 32.8. The van der Waals surface area contributed by atoms with Gasteiger partial charge in [-0.15, -0.1) is 0 Å². The van der Waals surface area contributed by atoms with Crippen LogP contribution in [0, 0.1) is 0 Å². The van der Waals surface area contributed by atoms with Gasteiger partial charge in [0, 0.05) is 6.42 Å². The third-order valence-corrected chi connectivity index (χ3v) is 16.0. The molecule has 12 N–H and O–H groups in total. The normalized spacial score (nSPS) is 29.3. The standard InChI is InChI=1S/C67H115NO18/c1-3-5-7-9-11-13-15-17-19-21-23-24-25-27-28-30-32-34-36-38-40-42-44-51(72)50(68-55(73)45-43-41-39-37-35-33-31-29-26-22-20-18-16-14-12-10-8-6-4-2)49-81-65-61(79)58(76)63(53(47-70)83-65)86-67-62(80)59(77)64(54(48-71)84-67)85-66-60(78)57(75)56(74)52(46-69)82-66/h6,8,12,14,18,20,26,29,33,35,39,41-42,44,50-54,56-67,69-72,74-80H,3-5,7,9-11,13,15-17,19,21-25,27-28,30-32,34,36-38,40,43,45-49H2,1-2H3,(H,68,73)/b8-6-,14-12-,20-18-,29-26-,35-33-,41-39-,44-42+. The van der Waals surface area contributed by atoms with Crippen molar-refractivity contribution in [1.29, 1.82) is 0 Å². The topological polar surface area (TPSA) is 307 Å². The van der Waals surface area contributed by atoms with Crippen molar-refractivity contribution in [2.24, 2.45) is 0 Å². The molecule has 0 bridgehead atoms. The Morgan fingerprint density at radius 2 is 0.802 bits per heavy atom. The van der Waals surface area contributed by atoms with Crippen LogP contribution < -0.4 is 5.32 Å². The summed E-state index contributed by atoms with van der Waals surface area (Å²) in [5, 5.41) is 120. The van der Waals surface area contributed by atoms with E-state index in [1.54, 1.807) is 6.08 Å². The van der Waals surface area contributed by atoms with Gasteiger partial charge in [0.1, 0.15) is 73.2 Å². The highest BCUT2D eigenvalue weighted by atomic mass is 16.8. The van der Waals surface area contributed by atoms with Crippen molar-refractivity contribution in [3.63, 3.8) is 0 Å². The Kier molecular flexibility index (Phi) is 43.8. The van der Waals surface area contributed by atoms with Crippen molar-refractivity contribution < 1.29 is 89.4 Å². The summed E-state index contributed by atoms with van der Waals surface area (Å²) < 4.78 is 34.3. The fourth-order valence-electron chi connectivity index (χ4n) is 10.6. The summed E-state index contributed by atoms with van der Waals surface area (Å²) in [5.74, 6) is -0.359. The number of allylic oxidation sites excluding steroid dienone is 13. The molecular formula is C67H115NO18. The number of unbranched alkanes of at least 4 members (excludes halogenated alkanes) is 20. The molecule has 0 aromatic carbocycles. The molecule has 3 aliphatic heterocycles. The van der Waals surface area contributed by atoms with Crippen LogP contribution in [0.25, 0.3) is 0 Å². The molecule has 0 aromatic heterocycles. The Balaban J connectivity index is 1.50. The lowest BCUT2D eigenvalue weighted by molar-refractivity contribution is -0.379. The van der Waals surface area contributed by atoms with E-state index in [0.717, 1.165) is 57.8 Å². The predicted molar refractivity (Wildman–Crippen MR) is 332 cm³/mol. The molecule has 86 heavy (non-hydrogen) atoms. The van der Waals surface area contributed by atoms with Crippen LogP contribution in [0.4, 0.5) is 0 Å². The molecule has 496 valence electrons. The van der Waals surface area contributed by atoms with E-state index in [4.69, 9.17) is 28.4 Å². The van der Waals surface area contributed by atoms with Gasteiger partial charge in [0.15, 0.2) is 18.9 Å². The summed E-state index contributed by atoms with van der Waals surface area (Å²) in [6, 6.07) is -1.02. The highest BCUT2D eigenvalue weighted by Crippen LogP contribution is 2.33. The van der Waals surface area contributed by atoms with Gasteiger partial charge >= 0.3 is 0 Å². The van der Waals surface area contributed by atoms with E-state index in [1.807, 2.05) is 18.2 Å². The summed E-state index contributed by atoms with van der Waals surface area (Å²) in [5.41, 5.74) is 0. The van der Waals surface area contributed by atoms with Gasteiger partial charge in [-0.2, -0.15) is 0 Å². The molecular weight excluding hydrogens is 1110 g/mol. The molecule has 0 spiro atoms. The second-order valence-electron chi connectivity index (χ2n) is 23.2. The molecule has 3 heterocycles. The lowest BCUT2D eigenvalue weighted by Crippen LogP contribution is -2.66. The number of carbonyl (C=O) groups excluding carboxylic acids is 1. The maximum Gasteiger partial charge on any atom is 0.220 e. The largest absolute Gasteiger partial charge is 0.394 e. The molecule has 0 saturated carbocycles. The molecule has 17 atom stereocenters. The number of carbonyl (C=O) groups is 1. The summed E-state index contributed by atoms with van der Waals surface area (Å²) >= 11 is 0. The van der Waals surface area contributed by atoms with E-state index in [1.165, 1.54) is 109 Å². The molecule has 3 rings (SSSR count). The molecule has 0 radical (unpaired) electrons. The van der Waals surface area contributed by atoms with Crippen molar-refractivity contribution in [2.75, 3.05) is 26.4 Å². The zero-order valence-corrected chi connectivity index (χ0v) is 52.0. The van der Waals surface area contributed by atoms with Crippen LogP contribution in [0.1, 0.15) is 200 Å². The van der Waals surface area contributed by atoms with Crippen LogP contribution in [-0.2, 0) is 33.2 Å². The van der Waals surface area contributed by atoms with E-state index >= 15 is 0 Å². The second-order valence-corrected chi connectivity index (χ2v) is 23.2. The maximum absolute atomic E-state index is 13.3. The molecule has 3 fully saturated rings. The fraction of sp³-hybridized carbons (Fsp3) is 0.776. The average Bonchev–Trinajstić information content (AvgIpc) is 2.80. The molecule has 19 nitrogen and oxygen atoms in total. The van der Waals surface area contributed by atoms with E-state index in [2.05, 4.69) is 79.9 Å². The van der Waals surface area contributed by atoms with Gasteiger partial charge in [-0.1, -0.05) is 221 Å². The number of amides is 1. The summed E-state index contributed by atoms with van der Waals surface area (Å²) in [6.07, 6.45) is 34.3. The number of ether oxygens (including phenoxy) is 6. The van der Waals surface area contributed by atoms with Gasteiger partial charge in [0.05, 0.1) is 38.6 Å². The molecule has 3 saturated heterocycles. The maximum atomic E-state index is 13.3. The number of rotatable bonds is 48. The minimum absolute atomic E-state index is 0.114. The minimum Gasteiger partial charge on any atom is -0.394 e. The average molecular weight is 1220 g/mol. The number of aliphatic hydroxyl groups is 11. The molecule has 17 unspecified atom stereocenters. The monoisotopic (exact) mass is 1220 g/mol. The Morgan fingerprint density at radius 1 is 0.430 bits per heavy atom. The Labute approximate surface area is 514 Å². The lowest BCUT2D eigenvalue weighted by Gasteiger charge is -2.48. The van der Waals surface area contributed by atoms with Crippen LogP contribution >= 0.6 is 0 Å². The molecule has 0 aliphatic carbocycles. The third-order valence-electron chi connectivity index (χ3n) is 16.0. The first-order valence-corrected chi connectivity index (χ1v) is 32.8. The fourth-order valence-corrected chi connectivity index (χ4v) is 10.6. The summed E-state index contributed by atoms with van der Waals surface area (Å²) in [6.45, 7) is 1.56. The van der Waals surface area contributed by atoms with Crippen LogP contribution in [0.15, 0.2) is 85.1 Å². The van der Waals surface area contributed by atoms with Crippen LogP contribution in [0.5, 0.6) is 0 Å². The van der Waals surface area contributed by atoms with Crippen LogP contribution in [0.3, 0.4) is 0 Å². The first kappa shape index (κ1) is 77.2. The third kappa shape index (κ3) is 31.1. The first-order chi connectivity index (χ1) is 41.8. The summed E-state index contributed by atoms with van der Waals surface area (Å²) in [7, 11) is 0. The van der Waals surface area contributed by atoms with Gasteiger partial charge in [0.2, 0.25) is 5.91 Å². The lowest BCUT2D eigenvalue weighted by atomic mass is 9.96. The number of hydrogen-bond acceptors (Lipinski definition) is 18. The van der Waals surface area contributed by atoms with Crippen LogP contribution in [-0.4, -0.2) is 193 Å². The van der Waals surface area contributed by atoms with E-state index in [9.17, 15) is 61.0 Å².